The summed E-state index contributed by atoms with van der Waals surface area (Å²) >= 11 is 0. The van der Waals surface area contributed by atoms with Gasteiger partial charge in [0, 0.05) is 28.8 Å². The number of alkyl halides is 3. The van der Waals surface area contributed by atoms with Crippen molar-refractivity contribution in [3.05, 3.63) is 176 Å². The number of fused-ring (bicyclic) bond motifs is 7. The van der Waals surface area contributed by atoms with Gasteiger partial charge in [0.1, 0.15) is 5.58 Å². The molecule has 6 heteroatoms. The van der Waals surface area contributed by atoms with Crippen LogP contribution in [0.25, 0.3) is 98.2 Å². The van der Waals surface area contributed by atoms with E-state index in [9.17, 15) is 13.2 Å². The Morgan fingerprint density at radius 3 is 1.95 bits per heavy atom. The second-order valence-corrected chi connectivity index (χ2v) is 13.5. The minimum atomic E-state index is -4.20. The van der Waals surface area contributed by atoms with Crippen LogP contribution in [0.15, 0.2) is 156 Å². The van der Waals surface area contributed by atoms with Gasteiger partial charge in [0.05, 0.1) is 5.58 Å². The van der Waals surface area contributed by atoms with Crippen LogP contribution in [-0.2, 0) is 26.5 Å². The maximum absolute atomic E-state index is 12.3. The summed E-state index contributed by atoms with van der Waals surface area (Å²) in [5.74, 6) is 0. The third kappa shape index (κ3) is 6.08. The maximum Gasteiger partial charge on any atom is 3.00 e. The largest absolute Gasteiger partial charge is 3.00 e. The normalized spacial score (nSPS) is 11.8. The van der Waals surface area contributed by atoms with E-state index in [0.29, 0.717) is 5.56 Å². The van der Waals surface area contributed by atoms with Crippen LogP contribution in [0.4, 0.5) is 13.2 Å². The Morgan fingerprint density at radius 1 is 0.545 bits per heavy atom. The molecule has 11 aromatic rings. The van der Waals surface area contributed by atoms with E-state index in [-0.39, 0.29) is 25.7 Å². The summed E-state index contributed by atoms with van der Waals surface area (Å²) in [5.41, 5.74) is 5.55. The fourth-order valence-corrected chi connectivity index (χ4v) is 7.86. The molecule has 2 aromatic heterocycles. The minimum Gasteiger partial charge on any atom is -0.500 e. The zero-order chi connectivity index (χ0) is 36.4. The Hall–Kier alpha value is -6.07. The summed E-state index contributed by atoms with van der Waals surface area (Å²) in [7, 11) is 0. The second-order valence-electron chi connectivity index (χ2n) is 13.5. The first-order valence-corrected chi connectivity index (χ1v) is 17.6. The Balaban J connectivity index is 0.000000157. The molecule has 9 aromatic carbocycles. The molecule has 55 heavy (non-hydrogen) atoms. The molecule has 0 atom stereocenters. The van der Waals surface area contributed by atoms with Crippen LogP contribution in [0.2, 0.25) is 0 Å². The van der Waals surface area contributed by atoms with Gasteiger partial charge in [-0.05, 0) is 44.1 Å². The van der Waals surface area contributed by atoms with E-state index < -0.39 is 12.6 Å². The van der Waals surface area contributed by atoms with Gasteiger partial charge in [-0.15, -0.1) is 64.4 Å². The third-order valence-corrected chi connectivity index (χ3v) is 10.2. The molecule has 0 unspecified atom stereocenters. The summed E-state index contributed by atoms with van der Waals surface area (Å²) < 4.78 is 43.5. The van der Waals surface area contributed by atoms with Crippen LogP contribution in [0, 0.1) is 18.2 Å². The van der Waals surface area contributed by atoms with E-state index in [1.807, 2.05) is 42.5 Å². The van der Waals surface area contributed by atoms with Crippen molar-refractivity contribution < 1.29 is 37.7 Å². The molecule has 0 aliphatic heterocycles. The Morgan fingerprint density at radius 2 is 1.20 bits per heavy atom. The average Bonchev–Trinajstić information content (AvgIpc) is 3.59. The van der Waals surface area contributed by atoms with Crippen molar-refractivity contribution in [3.8, 4) is 22.4 Å². The van der Waals surface area contributed by atoms with E-state index in [4.69, 9.17) is 4.42 Å². The predicted octanol–water partition coefficient (Wildman–Crippen LogP) is 13.7. The topological polar surface area (TPSA) is 26.0 Å². The van der Waals surface area contributed by atoms with Crippen molar-refractivity contribution in [2.45, 2.75) is 12.6 Å². The summed E-state index contributed by atoms with van der Waals surface area (Å²) in [5, 5.41) is 14.2. The van der Waals surface area contributed by atoms with Crippen LogP contribution < -0.4 is 0 Å². The van der Waals surface area contributed by atoms with E-state index >= 15 is 0 Å². The molecule has 11 rings (SSSR count). The first-order chi connectivity index (χ1) is 26.4. The molecule has 0 aliphatic rings. The van der Waals surface area contributed by atoms with E-state index in [2.05, 4.69) is 108 Å². The van der Waals surface area contributed by atoms with Crippen LogP contribution in [-0.4, -0.2) is 11.2 Å². The molecule has 2 heterocycles. The average molecular weight is 895 g/mol. The SMILES string of the molecule is FC(F)(F)Cc1c[c-]c(-c2nccc3ccccc23)cc1.[Ir+3].[c-]1cc2oc3c4cccc5ccc6cccc(c3c2cc1-c1[c-]ccc2ccccc12)c6c54. The van der Waals surface area contributed by atoms with Gasteiger partial charge >= 0.3 is 26.3 Å². The van der Waals surface area contributed by atoms with E-state index in [1.165, 1.54) is 60.6 Å². The summed E-state index contributed by atoms with van der Waals surface area (Å²) in [6, 6.07) is 58.2. The molecule has 0 spiro atoms. The van der Waals surface area contributed by atoms with Gasteiger partial charge in [0.25, 0.3) is 0 Å². The van der Waals surface area contributed by atoms with Crippen LogP contribution >= 0.6 is 0 Å². The predicted molar refractivity (Wildman–Crippen MR) is 214 cm³/mol. The molecule has 0 aliphatic carbocycles. The van der Waals surface area contributed by atoms with Crippen LogP contribution in [0.5, 0.6) is 0 Å². The van der Waals surface area contributed by atoms with Gasteiger partial charge in [-0.1, -0.05) is 96.4 Å². The van der Waals surface area contributed by atoms with Gasteiger partial charge in [-0.25, -0.2) is 11.1 Å². The van der Waals surface area contributed by atoms with Crippen molar-refractivity contribution in [1.82, 2.24) is 4.98 Å². The minimum absolute atomic E-state index is 0. The summed E-state index contributed by atoms with van der Waals surface area (Å²) in [4.78, 5) is 4.33. The van der Waals surface area contributed by atoms with E-state index in [1.54, 1.807) is 12.3 Å². The number of hydrogen-bond donors (Lipinski definition) is 0. The van der Waals surface area contributed by atoms with Gasteiger partial charge in [-0.2, -0.15) is 37.4 Å². The standard InChI is InChI=1S/C32H16O.C17H11F3N.Ir/c1-2-10-23-19(6-1)7-3-11-24(23)22-16-17-28-27(18-22)31-25-12-4-8-20-14-15-21-9-5-13-26(32(31)33-28)30(21)29(20)25;18-17(19,20)11-12-5-7-14(8-6-12)16-15-4-2-1-3-13(15)9-10-21-16;/h1-10,12-15,17-18H;1-7,9-10H,11H2;/q-2;-1;+3. The molecule has 0 bridgehead atoms. The number of halogens is 3. The van der Waals surface area contributed by atoms with Crippen molar-refractivity contribution >= 4 is 75.8 Å². The van der Waals surface area contributed by atoms with Crippen molar-refractivity contribution in [3.63, 3.8) is 0 Å². The quantitative estimate of drug-likeness (QED) is 0.130. The van der Waals surface area contributed by atoms with Gasteiger partial charge in [-0.3, -0.25) is 0 Å². The number of pyridine rings is 1. The molecular weight excluding hydrogens is 868 g/mol. The van der Waals surface area contributed by atoms with Crippen LogP contribution in [0.3, 0.4) is 0 Å². The zero-order valence-corrected chi connectivity index (χ0v) is 31.4. The Labute approximate surface area is 327 Å². The smallest absolute Gasteiger partial charge is 0.500 e. The fraction of sp³-hybridized carbons (Fsp3) is 0.0408. The maximum atomic E-state index is 12.3. The molecule has 0 saturated heterocycles. The molecular formula is C49H27F3IrNO. The van der Waals surface area contributed by atoms with Crippen LogP contribution in [0.1, 0.15) is 5.56 Å². The van der Waals surface area contributed by atoms with Crippen molar-refractivity contribution in [1.29, 1.82) is 0 Å². The molecule has 2 nitrogen and oxygen atoms in total. The molecule has 0 radical (unpaired) electrons. The van der Waals surface area contributed by atoms with Crippen molar-refractivity contribution in [2.75, 3.05) is 0 Å². The number of nitrogens with zero attached hydrogens (tertiary/aromatic N) is 1. The van der Waals surface area contributed by atoms with Gasteiger partial charge in [0.15, 0.2) is 0 Å². The van der Waals surface area contributed by atoms with Crippen molar-refractivity contribution in [2.24, 2.45) is 0 Å². The molecule has 264 valence electrons. The fourth-order valence-electron chi connectivity index (χ4n) is 7.86. The monoisotopic (exact) mass is 895 g/mol. The number of benzene rings is 9. The second kappa shape index (κ2) is 13.7. The molecule has 0 saturated carbocycles. The third-order valence-electron chi connectivity index (χ3n) is 10.2. The number of furan rings is 1. The van der Waals surface area contributed by atoms with Gasteiger partial charge < -0.3 is 9.40 Å². The number of hydrogen-bond acceptors (Lipinski definition) is 2. The summed E-state index contributed by atoms with van der Waals surface area (Å²) in [6.07, 6.45) is -3.45. The number of rotatable bonds is 3. The molecule has 0 fully saturated rings. The number of aromatic nitrogens is 1. The zero-order valence-electron chi connectivity index (χ0n) is 29.0. The molecule has 0 amide bonds. The first-order valence-electron chi connectivity index (χ1n) is 17.6. The summed E-state index contributed by atoms with van der Waals surface area (Å²) in [6.45, 7) is 0. The van der Waals surface area contributed by atoms with E-state index in [0.717, 1.165) is 44.1 Å². The first kappa shape index (κ1) is 34.7. The molecule has 0 N–H and O–H groups in total. The van der Waals surface area contributed by atoms with Gasteiger partial charge in [0.2, 0.25) is 0 Å². The Bertz CT molecular complexity index is 3170. The Kier molecular flexibility index (Phi) is 8.61.